The molecule has 27 heavy (non-hydrogen) atoms. The summed E-state index contributed by atoms with van der Waals surface area (Å²) in [6.45, 7) is 0. The van der Waals surface area contributed by atoms with Crippen LogP contribution in [0.1, 0.15) is 11.3 Å². The summed E-state index contributed by atoms with van der Waals surface area (Å²) in [5.74, 6) is 1.27. The molecule has 0 amide bonds. The van der Waals surface area contributed by atoms with E-state index >= 15 is 0 Å². The quantitative estimate of drug-likeness (QED) is 0.327. The molecule has 3 rings (SSSR count). The zero-order valence-corrected chi connectivity index (χ0v) is 14.9. The SMILES string of the molecule is COc1cc([N+](=O)[O-])ccc1-c1ccc(/C=C(/C#N)c2ccc(Cl)cc2)o1. The standard InChI is InChI=1S/C20H13ClN2O4/c1-26-20-11-16(23(24)25)6-8-18(20)19-9-7-17(27-19)10-14(12-22)13-2-4-15(21)5-3-13/h2-11H,1H3/b14-10-. The number of nitrogens with zero attached hydrogens (tertiary/aromatic N) is 2. The average molecular weight is 381 g/mol. The zero-order valence-electron chi connectivity index (χ0n) is 14.2. The molecule has 3 aromatic rings. The molecule has 134 valence electrons. The Hall–Kier alpha value is -3.56. The van der Waals surface area contributed by atoms with E-state index in [2.05, 4.69) is 6.07 Å². The largest absolute Gasteiger partial charge is 0.496 e. The number of furan rings is 1. The van der Waals surface area contributed by atoms with Gasteiger partial charge in [0.05, 0.1) is 35.3 Å². The number of nitro groups is 1. The van der Waals surface area contributed by atoms with Crippen LogP contribution in [0.25, 0.3) is 23.0 Å². The predicted molar refractivity (Wildman–Crippen MR) is 102 cm³/mol. The van der Waals surface area contributed by atoms with Crippen LogP contribution < -0.4 is 4.74 Å². The van der Waals surface area contributed by atoms with Gasteiger partial charge in [-0.15, -0.1) is 0 Å². The molecular formula is C20H13ClN2O4. The Kier molecular flexibility index (Phi) is 5.25. The molecule has 1 heterocycles. The van der Waals surface area contributed by atoms with Crippen molar-refractivity contribution in [2.24, 2.45) is 0 Å². The summed E-state index contributed by atoms with van der Waals surface area (Å²) in [7, 11) is 1.43. The molecule has 0 aliphatic heterocycles. The van der Waals surface area contributed by atoms with Crippen molar-refractivity contribution < 1.29 is 14.1 Å². The minimum absolute atomic E-state index is 0.0724. The number of hydrogen-bond donors (Lipinski definition) is 0. The van der Waals surface area contributed by atoms with Gasteiger partial charge in [-0.05, 0) is 42.0 Å². The van der Waals surface area contributed by atoms with E-state index in [1.54, 1.807) is 48.5 Å². The van der Waals surface area contributed by atoms with Crippen molar-refractivity contribution >= 4 is 28.9 Å². The summed E-state index contributed by atoms with van der Waals surface area (Å²) >= 11 is 5.88. The molecular weight excluding hydrogens is 368 g/mol. The molecule has 0 radical (unpaired) electrons. The maximum absolute atomic E-state index is 10.9. The van der Waals surface area contributed by atoms with Gasteiger partial charge in [0.2, 0.25) is 0 Å². The van der Waals surface area contributed by atoms with E-state index in [-0.39, 0.29) is 5.69 Å². The number of nitriles is 1. The highest BCUT2D eigenvalue weighted by Crippen LogP contribution is 2.34. The van der Waals surface area contributed by atoms with Gasteiger partial charge < -0.3 is 9.15 Å². The molecule has 0 saturated carbocycles. The van der Waals surface area contributed by atoms with E-state index in [9.17, 15) is 15.4 Å². The monoisotopic (exact) mass is 380 g/mol. The van der Waals surface area contributed by atoms with Gasteiger partial charge in [-0.1, -0.05) is 23.7 Å². The summed E-state index contributed by atoms with van der Waals surface area (Å²) in [4.78, 5) is 10.4. The van der Waals surface area contributed by atoms with Crippen LogP contribution >= 0.6 is 11.6 Å². The molecule has 0 aliphatic carbocycles. The average Bonchev–Trinajstić information content (AvgIpc) is 3.14. The second-order valence-electron chi connectivity index (χ2n) is 5.52. The molecule has 0 aliphatic rings. The van der Waals surface area contributed by atoms with E-state index in [0.29, 0.717) is 39.0 Å². The van der Waals surface area contributed by atoms with Crippen LogP contribution in [0.5, 0.6) is 5.75 Å². The first-order chi connectivity index (χ1) is 13.0. The molecule has 1 aromatic heterocycles. The molecule has 0 atom stereocenters. The number of nitro benzene ring substituents is 1. The zero-order chi connectivity index (χ0) is 19.4. The molecule has 6 nitrogen and oxygen atoms in total. The first-order valence-corrected chi connectivity index (χ1v) is 8.20. The Morgan fingerprint density at radius 2 is 1.96 bits per heavy atom. The van der Waals surface area contributed by atoms with Gasteiger partial charge in [0.25, 0.3) is 5.69 Å². The summed E-state index contributed by atoms with van der Waals surface area (Å²) < 4.78 is 11.0. The van der Waals surface area contributed by atoms with Crippen molar-refractivity contribution in [1.82, 2.24) is 0 Å². The Labute approximate surface area is 160 Å². The summed E-state index contributed by atoms with van der Waals surface area (Å²) in [5, 5.41) is 20.9. The molecule has 0 spiro atoms. The maximum atomic E-state index is 10.9. The fraction of sp³-hybridized carbons (Fsp3) is 0.0500. The van der Waals surface area contributed by atoms with E-state index in [0.717, 1.165) is 0 Å². The molecule has 0 unspecified atom stereocenters. The Balaban J connectivity index is 1.96. The van der Waals surface area contributed by atoms with Crippen molar-refractivity contribution in [3.05, 3.63) is 81.1 Å². The summed E-state index contributed by atoms with van der Waals surface area (Å²) in [6, 6.07) is 16.8. The molecule has 0 N–H and O–H groups in total. The van der Waals surface area contributed by atoms with Crippen LogP contribution in [0.3, 0.4) is 0 Å². The van der Waals surface area contributed by atoms with Gasteiger partial charge in [-0.3, -0.25) is 10.1 Å². The van der Waals surface area contributed by atoms with E-state index in [1.807, 2.05) is 0 Å². The lowest BCUT2D eigenvalue weighted by atomic mass is 10.1. The van der Waals surface area contributed by atoms with Crippen molar-refractivity contribution in [1.29, 1.82) is 5.26 Å². The summed E-state index contributed by atoms with van der Waals surface area (Å²) in [5.41, 5.74) is 1.64. The number of methoxy groups -OCH3 is 1. The molecule has 0 saturated heterocycles. The van der Waals surface area contributed by atoms with Crippen LogP contribution in [-0.4, -0.2) is 12.0 Å². The molecule has 2 aromatic carbocycles. The van der Waals surface area contributed by atoms with Crippen molar-refractivity contribution in [2.75, 3.05) is 7.11 Å². The minimum atomic E-state index is -0.492. The second kappa shape index (κ2) is 7.77. The van der Waals surface area contributed by atoms with Gasteiger partial charge in [-0.2, -0.15) is 5.26 Å². The van der Waals surface area contributed by atoms with Crippen LogP contribution in [0.4, 0.5) is 5.69 Å². The van der Waals surface area contributed by atoms with Gasteiger partial charge in [0, 0.05) is 11.1 Å². The smallest absolute Gasteiger partial charge is 0.273 e. The van der Waals surface area contributed by atoms with Gasteiger partial charge in [0.1, 0.15) is 17.3 Å². The number of non-ortho nitro benzene ring substituents is 1. The van der Waals surface area contributed by atoms with Crippen molar-refractivity contribution in [3.63, 3.8) is 0 Å². The fourth-order valence-electron chi connectivity index (χ4n) is 2.52. The maximum Gasteiger partial charge on any atom is 0.273 e. The Morgan fingerprint density at radius 1 is 1.22 bits per heavy atom. The highest BCUT2D eigenvalue weighted by Gasteiger charge is 2.15. The van der Waals surface area contributed by atoms with Crippen LogP contribution in [0.15, 0.2) is 59.0 Å². The third-order valence-corrected chi connectivity index (χ3v) is 4.10. The van der Waals surface area contributed by atoms with E-state index < -0.39 is 4.92 Å². The highest BCUT2D eigenvalue weighted by atomic mass is 35.5. The van der Waals surface area contributed by atoms with Crippen molar-refractivity contribution in [2.45, 2.75) is 0 Å². The van der Waals surface area contributed by atoms with Crippen LogP contribution in [-0.2, 0) is 0 Å². The second-order valence-corrected chi connectivity index (χ2v) is 5.96. The highest BCUT2D eigenvalue weighted by molar-refractivity contribution is 6.30. The van der Waals surface area contributed by atoms with Crippen molar-refractivity contribution in [3.8, 4) is 23.1 Å². The number of halogens is 1. The first kappa shape index (κ1) is 18.2. The number of rotatable bonds is 5. The molecule has 0 bridgehead atoms. The number of allylic oxidation sites excluding steroid dienone is 1. The van der Waals surface area contributed by atoms with Gasteiger partial charge in [0.15, 0.2) is 0 Å². The molecule has 0 fully saturated rings. The molecule has 7 heteroatoms. The Bertz CT molecular complexity index is 1060. The normalized spacial score (nSPS) is 11.1. The minimum Gasteiger partial charge on any atom is -0.496 e. The Morgan fingerprint density at radius 3 is 2.59 bits per heavy atom. The summed E-state index contributed by atoms with van der Waals surface area (Å²) in [6.07, 6.45) is 1.62. The van der Waals surface area contributed by atoms with E-state index in [1.165, 1.54) is 19.2 Å². The topological polar surface area (TPSA) is 89.3 Å². The fourth-order valence-corrected chi connectivity index (χ4v) is 2.65. The number of hydrogen-bond acceptors (Lipinski definition) is 5. The lowest BCUT2D eigenvalue weighted by molar-refractivity contribution is -0.384. The van der Waals surface area contributed by atoms with Crippen LogP contribution in [0.2, 0.25) is 5.02 Å². The predicted octanol–water partition coefficient (Wildman–Crippen LogP) is 5.58. The van der Waals surface area contributed by atoms with Crippen LogP contribution in [0, 0.1) is 21.4 Å². The lowest BCUT2D eigenvalue weighted by Crippen LogP contribution is -1.92. The van der Waals surface area contributed by atoms with Gasteiger partial charge >= 0.3 is 0 Å². The lowest BCUT2D eigenvalue weighted by Gasteiger charge is -2.05. The number of benzene rings is 2. The van der Waals surface area contributed by atoms with E-state index in [4.69, 9.17) is 20.8 Å². The third kappa shape index (κ3) is 4.00. The van der Waals surface area contributed by atoms with Gasteiger partial charge in [-0.25, -0.2) is 0 Å². The number of ether oxygens (including phenoxy) is 1. The third-order valence-electron chi connectivity index (χ3n) is 3.85. The first-order valence-electron chi connectivity index (χ1n) is 7.82.